The summed E-state index contributed by atoms with van der Waals surface area (Å²) in [6, 6.07) is 16.3. The van der Waals surface area contributed by atoms with Crippen LogP contribution in [0.25, 0.3) is 0 Å². The van der Waals surface area contributed by atoms with Gasteiger partial charge in [-0.05, 0) is 30.5 Å². The van der Waals surface area contributed by atoms with Crippen LogP contribution in [-0.4, -0.2) is 12.5 Å². The van der Waals surface area contributed by atoms with E-state index >= 15 is 0 Å². The van der Waals surface area contributed by atoms with E-state index in [1.807, 2.05) is 41.3 Å². The molecule has 1 saturated heterocycles. The summed E-state index contributed by atoms with van der Waals surface area (Å²) in [6.07, 6.45) is 2.65. The molecule has 1 heterocycles. The Kier molecular flexibility index (Phi) is 5.06. The number of piperidine rings is 1. The van der Waals surface area contributed by atoms with Crippen molar-refractivity contribution in [3.05, 3.63) is 59.1 Å². The predicted molar refractivity (Wildman–Crippen MR) is 93.7 cm³/mol. The van der Waals surface area contributed by atoms with Crippen LogP contribution in [-0.2, 0) is 10.5 Å². The van der Waals surface area contributed by atoms with Gasteiger partial charge in [0, 0.05) is 23.6 Å². The van der Waals surface area contributed by atoms with E-state index in [4.69, 9.17) is 11.6 Å². The van der Waals surface area contributed by atoms with E-state index in [-0.39, 0.29) is 5.91 Å². The normalized spacial score (nSPS) is 15.1. The minimum absolute atomic E-state index is 0.179. The SMILES string of the molecule is O=C1CCCCN1c1cccc(SCc2ccccc2)c1Cl. The van der Waals surface area contributed by atoms with Gasteiger partial charge in [0.05, 0.1) is 10.7 Å². The van der Waals surface area contributed by atoms with Gasteiger partial charge >= 0.3 is 0 Å². The van der Waals surface area contributed by atoms with Crippen LogP contribution in [0.1, 0.15) is 24.8 Å². The molecule has 0 bridgehead atoms. The van der Waals surface area contributed by atoms with Crippen molar-refractivity contribution >= 4 is 35.0 Å². The van der Waals surface area contributed by atoms with Gasteiger partial charge in [0.2, 0.25) is 5.91 Å². The summed E-state index contributed by atoms with van der Waals surface area (Å²) in [5, 5.41) is 0.693. The first-order valence-electron chi connectivity index (χ1n) is 7.51. The summed E-state index contributed by atoms with van der Waals surface area (Å²) in [4.78, 5) is 15.0. The maximum absolute atomic E-state index is 12.1. The Hall–Kier alpha value is -1.45. The molecule has 3 rings (SSSR count). The minimum atomic E-state index is 0.179. The summed E-state index contributed by atoms with van der Waals surface area (Å²) in [6.45, 7) is 0.769. The molecule has 0 aromatic heterocycles. The highest BCUT2D eigenvalue weighted by Gasteiger charge is 2.22. The number of amides is 1. The Morgan fingerprint density at radius 2 is 1.86 bits per heavy atom. The molecule has 0 aliphatic carbocycles. The average molecular weight is 332 g/mol. The van der Waals surface area contributed by atoms with Crippen LogP contribution in [0.3, 0.4) is 0 Å². The van der Waals surface area contributed by atoms with E-state index in [0.29, 0.717) is 11.4 Å². The molecule has 0 saturated carbocycles. The zero-order valence-electron chi connectivity index (χ0n) is 12.3. The summed E-state index contributed by atoms with van der Waals surface area (Å²) < 4.78 is 0. The van der Waals surface area contributed by atoms with Gasteiger partial charge in [-0.25, -0.2) is 0 Å². The third-order valence-corrected chi connectivity index (χ3v) is 5.43. The molecule has 2 aromatic carbocycles. The standard InChI is InChI=1S/C18H18ClNOS/c19-18-15(20-12-5-4-11-17(20)21)9-6-10-16(18)22-13-14-7-2-1-3-8-14/h1-3,6-10H,4-5,11-13H2. The molecule has 0 spiro atoms. The number of hydrogen-bond acceptors (Lipinski definition) is 2. The number of carbonyl (C=O) groups excluding carboxylic acids is 1. The molecule has 22 heavy (non-hydrogen) atoms. The number of hydrogen-bond donors (Lipinski definition) is 0. The fraction of sp³-hybridized carbons (Fsp3) is 0.278. The van der Waals surface area contributed by atoms with Crippen molar-refractivity contribution in [3.63, 3.8) is 0 Å². The first-order valence-corrected chi connectivity index (χ1v) is 8.87. The fourth-order valence-electron chi connectivity index (χ4n) is 2.62. The van der Waals surface area contributed by atoms with Gasteiger partial charge < -0.3 is 4.90 Å². The molecule has 1 aliphatic rings. The van der Waals surface area contributed by atoms with Crippen molar-refractivity contribution < 1.29 is 4.79 Å². The number of halogens is 1. The monoisotopic (exact) mass is 331 g/mol. The summed E-state index contributed by atoms with van der Waals surface area (Å²) in [5.74, 6) is 1.05. The fourth-order valence-corrected chi connectivity index (χ4v) is 3.93. The molecule has 1 fully saturated rings. The largest absolute Gasteiger partial charge is 0.311 e. The Morgan fingerprint density at radius 3 is 2.64 bits per heavy atom. The van der Waals surface area contributed by atoms with Crippen LogP contribution in [0.15, 0.2) is 53.4 Å². The highest BCUT2D eigenvalue weighted by molar-refractivity contribution is 7.98. The summed E-state index contributed by atoms with van der Waals surface area (Å²) >= 11 is 8.27. The highest BCUT2D eigenvalue weighted by Crippen LogP contribution is 2.37. The second-order valence-electron chi connectivity index (χ2n) is 5.37. The quantitative estimate of drug-likeness (QED) is 0.722. The van der Waals surface area contributed by atoms with E-state index in [0.717, 1.165) is 35.7 Å². The Labute approximate surface area is 140 Å². The number of thioether (sulfide) groups is 1. The van der Waals surface area contributed by atoms with Crippen LogP contribution in [0.2, 0.25) is 5.02 Å². The zero-order chi connectivity index (χ0) is 15.4. The van der Waals surface area contributed by atoms with Gasteiger partial charge in [-0.1, -0.05) is 48.0 Å². The molecule has 4 heteroatoms. The Balaban J connectivity index is 1.78. The van der Waals surface area contributed by atoms with Gasteiger partial charge in [-0.3, -0.25) is 4.79 Å². The molecule has 0 N–H and O–H groups in total. The summed E-state index contributed by atoms with van der Waals surface area (Å²) in [7, 11) is 0. The van der Waals surface area contributed by atoms with Crippen molar-refractivity contribution in [3.8, 4) is 0 Å². The van der Waals surface area contributed by atoms with Crippen molar-refractivity contribution in [1.29, 1.82) is 0 Å². The van der Waals surface area contributed by atoms with Crippen molar-refractivity contribution in [1.82, 2.24) is 0 Å². The number of anilines is 1. The number of carbonyl (C=O) groups is 1. The van der Waals surface area contributed by atoms with Gasteiger partial charge in [-0.2, -0.15) is 0 Å². The van der Waals surface area contributed by atoms with Crippen LogP contribution in [0.4, 0.5) is 5.69 Å². The molecular weight excluding hydrogens is 314 g/mol. The lowest BCUT2D eigenvalue weighted by molar-refractivity contribution is -0.119. The lowest BCUT2D eigenvalue weighted by atomic mass is 10.1. The highest BCUT2D eigenvalue weighted by atomic mass is 35.5. The first kappa shape index (κ1) is 15.4. The molecule has 114 valence electrons. The van der Waals surface area contributed by atoms with E-state index in [1.54, 1.807) is 11.8 Å². The van der Waals surface area contributed by atoms with Crippen LogP contribution < -0.4 is 4.90 Å². The van der Waals surface area contributed by atoms with Gasteiger partial charge in [0.25, 0.3) is 0 Å². The molecule has 2 nitrogen and oxygen atoms in total. The Morgan fingerprint density at radius 1 is 1.05 bits per heavy atom. The molecule has 1 aliphatic heterocycles. The lowest BCUT2D eigenvalue weighted by Crippen LogP contribution is -2.35. The van der Waals surface area contributed by atoms with Crippen LogP contribution in [0, 0.1) is 0 Å². The van der Waals surface area contributed by atoms with Gasteiger partial charge in [0.1, 0.15) is 0 Å². The smallest absolute Gasteiger partial charge is 0.227 e. The van der Waals surface area contributed by atoms with E-state index in [9.17, 15) is 4.79 Å². The average Bonchev–Trinajstić information content (AvgIpc) is 2.56. The molecular formula is C18H18ClNOS. The maximum atomic E-state index is 12.1. The second kappa shape index (κ2) is 7.21. The maximum Gasteiger partial charge on any atom is 0.227 e. The predicted octanol–water partition coefficient (Wildman–Crippen LogP) is 5.15. The number of benzene rings is 2. The minimum Gasteiger partial charge on any atom is -0.311 e. The Bertz CT molecular complexity index is 659. The summed E-state index contributed by atoms with van der Waals surface area (Å²) in [5.41, 5.74) is 2.12. The van der Waals surface area contributed by atoms with Gasteiger partial charge in [-0.15, -0.1) is 11.8 Å². The molecule has 2 aromatic rings. The molecule has 0 radical (unpaired) electrons. The third kappa shape index (κ3) is 3.47. The van der Waals surface area contributed by atoms with Crippen LogP contribution >= 0.6 is 23.4 Å². The first-order chi connectivity index (χ1) is 10.8. The topological polar surface area (TPSA) is 20.3 Å². The zero-order valence-corrected chi connectivity index (χ0v) is 13.9. The van der Waals surface area contributed by atoms with E-state index < -0.39 is 0 Å². The molecule has 0 atom stereocenters. The van der Waals surface area contributed by atoms with Crippen molar-refractivity contribution in [2.24, 2.45) is 0 Å². The lowest BCUT2D eigenvalue weighted by Gasteiger charge is -2.28. The van der Waals surface area contributed by atoms with Crippen molar-refractivity contribution in [2.45, 2.75) is 29.9 Å². The number of nitrogens with zero attached hydrogens (tertiary/aromatic N) is 1. The number of rotatable bonds is 4. The molecule has 1 amide bonds. The van der Waals surface area contributed by atoms with Crippen molar-refractivity contribution in [2.75, 3.05) is 11.4 Å². The van der Waals surface area contributed by atoms with Crippen LogP contribution in [0.5, 0.6) is 0 Å². The van der Waals surface area contributed by atoms with Gasteiger partial charge in [0.15, 0.2) is 0 Å². The second-order valence-corrected chi connectivity index (χ2v) is 6.76. The van der Waals surface area contributed by atoms with E-state index in [2.05, 4.69) is 12.1 Å². The molecule has 0 unspecified atom stereocenters. The van der Waals surface area contributed by atoms with E-state index in [1.165, 1.54) is 5.56 Å². The third-order valence-electron chi connectivity index (χ3n) is 3.79.